The van der Waals surface area contributed by atoms with Gasteiger partial charge in [-0.15, -0.1) is 4.65 Å². The van der Waals surface area contributed by atoms with Crippen molar-refractivity contribution in [3.05, 3.63) is 73.6 Å². The van der Waals surface area contributed by atoms with Crippen LogP contribution >= 0.6 is 23.2 Å². The number of nitrogens with one attached hydrogen (secondary N) is 1. The molecule has 1 atom stereocenters. The van der Waals surface area contributed by atoms with Crippen molar-refractivity contribution >= 4 is 40.6 Å². The molecule has 1 amide bonds. The second kappa shape index (κ2) is 11.9. The SMILES string of the molecule is O=C(c1cc(Cc2c[nH]c(=O)c3cc(Cl)c(Cl)n23)ccc1F)N1CCCC(C[N+]2(OC(=O)C(F)(F)F)CCOCC2)C1. The van der Waals surface area contributed by atoms with Crippen molar-refractivity contribution in [3.63, 3.8) is 0 Å². The van der Waals surface area contributed by atoms with Gasteiger partial charge in [-0.25, -0.2) is 9.18 Å². The minimum absolute atomic E-state index is 0.0532. The summed E-state index contributed by atoms with van der Waals surface area (Å²) in [5.41, 5.74) is 0.805. The number of carbonyl (C=O) groups excluding carboxylic acids is 2. The second-order valence-corrected chi connectivity index (χ2v) is 11.3. The fourth-order valence-electron chi connectivity index (χ4n) is 5.63. The number of aromatic amines is 1. The lowest BCUT2D eigenvalue weighted by Crippen LogP contribution is -2.60. The highest BCUT2D eigenvalue weighted by Crippen LogP contribution is 2.29. The number of benzene rings is 1. The van der Waals surface area contributed by atoms with E-state index < -0.39 is 34.1 Å². The number of ether oxygens (including phenoxy) is 1. The van der Waals surface area contributed by atoms with E-state index in [-0.39, 0.29) is 73.0 Å². The first-order valence-corrected chi connectivity index (χ1v) is 14.0. The number of hydroxylamine groups is 3. The number of fused-ring (bicyclic) bond motifs is 1. The van der Waals surface area contributed by atoms with Gasteiger partial charge in [0.1, 0.15) is 36.1 Å². The average Bonchev–Trinajstić information content (AvgIpc) is 3.25. The van der Waals surface area contributed by atoms with Crippen molar-refractivity contribution in [2.75, 3.05) is 45.9 Å². The third-order valence-corrected chi connectivity index (χ3v) is 8.38. The Bertz CT molecular complexity index is 1570. The lowest BCUT2D eigenvalue weighted by Gasteiger charge is -2.41. The molecule has 9 nitrogen and oxygen atoms in total. The van der Waals surface area contributed by atoms with Crippen LogP contribution in [0.4, 0.5) is 17.6 Å². The topological polar surface area (TPSA) is 93.1 Å². The van der Waals surface area contributed by atoms with Crippen molar-refractivity contribution < 1.29 is 41.4 Å². The van der Waals surface area contributed by atoms with Crippen LogP contribution in [0.2, 0.25) is 10.2 Å². The number of piperidine rings is 1. The van der Waals surface area contributed by atoms with Crippen molar-refractivity contribution in [2.45, 2.75) is 25.4 Å². The van der Waals surface area contributed by atoms with Crippen LogP contribution in [-0.2, 0) is 20.8 Å². The summed E-state index contributed by atoms with van der Waals surface area (Å²) in [6.07, 6.45) is -2.34. The molecule has 1 unspecified atom stereocenters. The summed E-state index contributed by atoms with van der Waals surface area (Å²) >= 11 is 12.4. The van der Waals surface area contributed by atoms with E-state index in [2.05, 4.69) is 4.98 Å². The quantitative estimate of drug-likeness (QED) is 0.321. The van der Waals surface area contributed by atoms with E-state index in [0.717, 1.165) is 0 Å². The molecule has 2 fully saturated rings. The third kappa shape index (κ3) is 6.29. The average molecular weight is 634 g/mol. The standard InChI is InChI=1S/C27H26Cl2F4N4O5/c28-20-12-22-24(38)34-13-18(36(22)23(20)29)10-16-3-4-21(30)19(11-16)25(39)35-5-1-2-17(14-35)15-37(6-8-41-9-7-37)42-26(40)27(31,32)33/h3-4,11-13,17H,1-2,5-10,14-15H2/p+1. The first kappa shape index (κ1) is 30.3. The molecule has 0 spiro atoms. The predicted octanol–water partition coefficient (Wildman–Crippen LogP) is 4.38. The van der Waals surface area contributed by atoms with Crippen LogP contribution in [0.3, 0.4) is 0 Å². The van der Waals surface area contributed by atoms with Crippen LogP contribution < -0.4 is 5.56 Å². The number of alkyl halides is 3. The van der Waals surface area contributed by atoms with Gasteiger partial charge in [0, 0.05) is 37.3 Å². The van der Waals surface area contributed by atoms with Gasteiger partial charge in [-0.3, -0.25) is 18.8 Å². The molecule has 2 saturated heterocycles. The van der Waals surface area contributed by atoms with Gasteiger partial charge in [-0.1, -0.05) is 29.3 Å². The van der Waals surface area contributed by atoms with Crippen LogP contribution in [0.1, 0.15) is 34.5 Å². The van der Waals surface area contributed by atoms with Gasteiger partial charge >= 0.3 is 12.1 Å². The Morgan fingerprint density at radius 1 is 1.17 bits per heavy atom. The normalized spacial score (nSPS) is 19.2. The lowest BCUT2D eigenvalue weighted by atomic mass is 9.96. The Morgan fingerprint density at radius 3 is 2.62 bits per heavy atom. The molecule has 42 heavy (non-hydrogen) atoms. The van der Waals surface area contributed by atoms with Gasteiger partial charge in [0.2, 0.25) is 0 Å². The molecule has 5 rings (SSSR count). The zero-order valence-electron chi connectivity index (χ0n) is 22.2. The number of morpholine rings is 1. The smallest absolute Gasteiger partial charge is 0.369 e. The molecular weight excluding hydrogens is 607 g/mol. The molecule has 0 bridgehead atoms. The molecule has 3 aromatic rings. The molecule has 15 heteroatoms. The van der Waals surface area contributed by atoms with Gasteiger partial charge < -0.3 is 14.6 Å². The molecule has 0 aliphatic carbocycles. The van der Waals surface area contributed by atoms with Crippen molar-refractivity contribution in [1.29, 1.82) is 0 Å². The maximum atomic E-state index is 15.0. The van der Waals surface area contributed by atoms with Gasteiger partial charge in [0.05, 0.1) is 23.8 Å². The zero-order chi connectivity index (χ0) is 30.2. The summed E-state index contributed by atoms with van der Waals surface area (Å²) < 4.78 is 60.2. The molecule has 226 valence electrons. The molecule has 4 heterocycles. The Morgan fingerprint density at radius 2 is 1.90 bits per heavy atom. The Balaban J connectivity index is 1.34. The number of amides is 1. The van der Waals surface area contributed by atoms with E-state index in [9.17, 15) is 31.9 Å². The second-order valence-electron chi connectivity index (χ2n) is 10.5. The van der Waals surface area contributed by atoms with Gasteiger partial charge in [0.15, 0.2) is 0 Å². The molecule has 2 aliphatic heterocycles. The summed E-state index contributed by atoms with van der Waals surface area (Å²) in [7, 11) is 0. The number of quaternary nitrogens is 1. The number of hydrogen-bond donors (Lipinski definition) is 1. The Hall–Kier alpha value is -3.13. The van der Waals surface area contributed by atoms with E-state index in [0.29, 0.717) is 30.6 Å². The number of nitrogens with zero attached hydrogens (tertiary/aromatic N) is 3. The summed E-state index contributed by atoms with van der Waals surface area (Å²) in [4.78, 5) is 46.5. The van der Waals surface area contributed by atoms with Crippen LogP contribution in [0.15, 0.2) is 35.3 Å². The molecular formula is C27H27Cl2F4N4O5+. The Labute approximate surface area is 247 Å². The summed E-state index contributed by atoms with van der Waals surface area (Å²) in [5.74, 6) is -3.85. The van der Waals surface area contributed by atoms with E-state index >= 15 is 0 Å². The predicted molar refractivity (Wildman–Crippen MR) is 144 cm³/mol. The van der Waals surface area contributed by atoms with Crippen LogP contribution in [0.5, 0.6) is 0 Å². The van der Waals surface area contributed by atoms with Crippen LogP contribution in [-0.4, -0.2) is 82.9 Å². The third-order valence-electron chi connectivity index (χ3n) is 7.63. The van der Waals surface area contributed by atoms with E-state index in [1.165, 1.54) is 39.8 Å². The number of halogens is 6. The maximum absolute atomic E-state index is 15.0. The molecule has 2 aromatic heterocycles. The minimum atomic E-state index is -5.14. The number of aromatic nitrogens is 2. The maximum Gasteiger partial charge on any atom is 0.497 e. The molecule has 1 N–H and O–H groups in total. The monoisotopic (exact) mass is 633 g/mol. The van der Waals surface area contributed by atoms with Gasteiger partial charge in [0.25, 0.3) is 11.5 Å². The summed E-state index contributed by atoms with van der Waals surface area (Å²) in [6.45, 7) is 0.920. The van der Waals surface area contributed by atoms with Gasteiger partial charge in [-0.05, 0) is 36.6 Å². The van der Waals surface area contributed by atoms with E-state index in [1.807, 2.05) is 0 Å². The van der Waals surface area contributed by atoms with E-state index in [1.54, 1.807) is 0 Å². The van der Waals surface area contributed by atoms with Crippen molar-refractivity contribution in [3.8, 4) is 0 Å². The number of H-pyrrole nitrogens is 1. The van der Waals surface area contributed by atoms with Gasteiger partial charge in [-0.2, -0.15) is 13.2 Å². The zero-order valence-corrected chi connectivity index (χ0v) is 23.7. The number of hydrogen-bond acceptors (Lipinski definition) is 5. The lowest BCUT2D eigenvalue weighted by molar-refractivity contribution is -1.10. The van der Waals surface area contributed by atoms with Crippen LogP contribution in [0.25, 0.3) is 5.52 Å². The van der Waals surface area contributed by atoms with Crippen molar-refractivity contribution in [1.82, 2.24) is 14.3 Å². The first-order chi connectivity index (χ1) is 19.9. The fourth-order valence-corrected chi connectivity index (χ4v) is 6.07. The number of likely N-dealkylation sites (tertiary alicyclic amines) is 1. The first-order valence-electron chi connectivity index (χ1n) is 13.3. The highest BCUT2D eigenvalue weighted by atomic mass is 35.5. The highest BCUT2D eigenvalue weighted by molar-refractivity contribution is 6.42. The Kier molecular flexibility index (Phi) is 8.57. The largest absolute Gasteiger partial charge is 0.497 e. The van der Waals surface area contributed by atoms with E-state index in [4.69, 9.17) is 32.8 Å². The molecule has 0 saturated carbocycles. The highest BCUT2D eigenvalue weighted by Gasteiger charge is 2.49. The molecule has 2 aliphatic rings. The number of rotatable bonds is 6. The summed E-state index contributed by atoms with van der Waals surface area (Å²) in [5, 5.41) is 0.339. The van der Waals surface area contributed by atoms with Crippen molar-refractivity contribution in [2.24, 2.45) is 5.92 Å². The number of carbonyl (C=O) groups is 2. The summed E-state index contributed by atoms with van der Waals surface area (Å²) in [6, 6.07) is 5.56. The minimum Gasteiger partial charge on any atom is -0.369 e. The molecule has 0 radical (unpaired) electrons. The van der Waals surface area contributed by atoms with Crippen LogP contribution in [0, 0.1) is 11.7 Å². The fraction of sp³-hybridized carbons (Fsp3) is 0.444. The molecule has 1 aromatic carbocycles.